The quantitative estimate of drug-likeness (QED) is 0.214. The molecule has 0 aliphatic carbocycles. The van der Waals surface area contributed by atoms with Gasteiger partial charge in [0.25, 0.3) is 0 Å². The Hall–Kier alpha value is -1.27. The smallest absolute Gasteiger partial charge is 0.193 e. The molecule has 194 valence electrons. The summed E-state index contributed by atoms with van der Waals surface area (Å²) >= 11 is -4.20. The van der Waals surface area contributed by atoms with Crippen molar-refractivity contribution >= 4 is 20.0 Å². The molecule has 8 nitrogen and oxygen atoms in total. The topological polar surface area (TPSA) is 141 Å². The maximum atomic E-state index is 12.4. The Kier molecular flexibility index (Phi) is 12.9. The third-order valence-electron chi connectivity index (χ3n) is 5.83. The standard InChI is InChI=1S/C24H35NO5S2.H2O.O.Ti/c25-24(31(26,27)22-17-10-8-11-18-22)20-12-7-5-3-1-2-4-6-9-15-21-16-13-14-19-23(21)32(28,29)30;;;/h8,10-11,13-14,16-19,24H,1-7,9,12,15,20,25H2,(H,28,29,30);1H2;;/q;;;+2/p-2. The molecule has 2 rings (SSSR count). The first-order chi connectivity index (χ1) is 16.6. The summed E-state index contributed by atoms with van der Waals surface area (Å²) in [6.45, 7) is 0. The number of rotatable bonds is 17. The molecule has 0 radical (unpaired) electrons. The maximum Gasteiger partial charge on any atom is 0.193 e. The first-order valence-corrected chi connectivity index (χ1v) is 16.9. The molecule has 0 amide bonds. The van der Waals surface area contributed by atoms with Crippen LogP contribution >= 0.6 is 0 Å². The van der Waals surface area contributed by atoms with E-state index in [0.717, 1.165) is 57.8 Å². The predicted octanol–water partition coefficient (Wildman–Crippen LogP) is 4.38. The molecule has 0 spiro atoms. The van der Waals surface area contributed by atoms with E-state index in [1.807, 2.05) is 0 Å². The molecule has 35 heavy (non-hydrogen) atoms. The van der Waals surface area contributed by atoms with Gasteiger partial charge in [-0.15, -0.1) is 0 Å². The Morgan fingerprint density at radius 2 is 1.29 bits per heavy atom. The van der Waals surface area contributed by atoms with Gasteiger partial charge in [0.1, 0.15) is 5.37 Å². The fourth-order valence-electron chi connectivity index (χ4n) is 3.93. The molecule has 0 aliphatic heterocycles. The van der Waals surface area contributed by atoms with Crippen LogP contribution in [0.2, 0.25) is 0 Å². The van der Waals surface area contributed by atoms with Gasteiger partial charge in [0.2, 0.25) is 0 Å². The van der Waals surface area contributed by atoms with E-state index in [0.29, 0.717) is 18.4 Å². The minimum absolute atomic E-state index is 0.0359. The zero-order valence-corrected chi connectivity index (χ0v) is 23.0. The average Bonchev–Trinajstić information content (AvgIpc) is 2.82. The van der Waals surface area contributed by atoms with E-state index >= 15 is 0 Å². The van der Waals surface area contributed by atoms with Crippen LogP contribution < -0.4 is 5.73 Å². The third kappa shape index (κ3) is 10.3. The van der Waals surface area contributed by atoms with Crippen molar-refractivity contribution in [2.24, 2.45) is 5.73 Å². The molecule has 0 aromatic heterocycles. The van der Waals surface area contributed by atoms with Crippen molar-refractivity contribution in [1.29, 1.82) is 0 Å². The van der Waals surface area contributed by atoms with Gasteiger partial charge in [-0.2, -0.15) is 0 Å². The first kappa shape index (κ1) is 30.0. The number of hydrogen-bond acceptors (Lipinski definition) is 7. The van der Waals surface area contributed by atoms with Crippen LogP contribution in [0.1, 0.15) is 69.8 Å². The minimum atomic E-state index is -4.21. The molecule has 0 fully saturated rings. The summed E-state index contributed by atoms with van der Waals surface area (Å²) in [7, 11) is -7.68. The third-order valence-corrected chi connectivity index (χ3v) is 10.8. The van der Waals surface area contributed by atoms with E-state index in [9.17, 15) is 20.2 Å². The second-order valence-electron chi connectivity index (χ2n) is 8.53. The normalized spacial score (nSPS) is 13.0. The first-order valence-electron chi connectivity index (χ1n) is 11.9. The van der Waals surface area contributed by atoms with Crippen molar-refractivity contribution in [2.75, 3.05) is 0 Å². The summed E-state index contributed by atoms with van der Waals surface area (Å²) in [6.07, 6.45) is 9.88. The molecule has 2 aromatic carbocycles. The molecular weight excluding hydrogens is 526 g/mol. The van der Waals surface area contributed by atoms with Crippen LogP contribution in [0.25, 0.3) is 0 Å². The van der Waals surface area contributed by atoms with Crippen molar-refractivity contribution in [3.8, 4) is 0 Å². The van der Waals surface area contributed by atoms with Gasteiger partial charge in [-0.05, 0) is 18.6 Å². The Labute approximate surface area is 216 Å². The van der Waals surface area contributed by atoms with E-state index in [2.05, 4.69) is 2.76 Å². The molecule has 1 atom stereocenters. The second-order valence-corrected chi connectivity index (χ2v) is 13.8. The second kappa shape index (κ2) is 15.1. The summed E-state index contributed by atoms with van der Waals surface area (Å²) in [5.41, 5.74) is 6.53. The summed E-state index contributed by atoms with van der Waals surface area (Å²) in [5, 5.41) is -0.871. The number of benzene rings is 2. The van der Waals surface area contributed by atoms with Crippen molar-refractivity contribution < 1.29 is 45.2 Å². The van der Waals surface area contributed by atoms with Crippen LogP contribution in [0.5, 0.6) is 0 Å². The monoisotopic (exact) mass is 561 g/mol. The van der Waals surface area contributed by atoms with Crippen LogP contribution in [-0.4, -0.2) is 25.9 Å². The van der Waals surface area contributed by atoms with Gasteiger partial charge in [-0.1, -0.05) is 31.0 Å². The maximum absolute atomic E-state index is 12.4. The van der Waals surface area contributed by atoms with Crippen molar-refractivity contribution in [2.45, 2.75) is 85.8 Å². The molecule has 0 saturated carbocycles. The van der Waals surface area contributed by atoms with E-state index < -0.39 is 43.9 Å². The van der Waals surface area contributed by atoms with Gasteiger partial charge in [0, 0.05) is 0 Å². The molecule has 11 heteroatoms. The number of sulfone groups is 1. The van der Waals surface area contributed by atoms with Gasteiger partial charge in [-0.25, -0.2) is 8.42 Å². The minimum Gasteiger partial charge on any atom is -0.222 e. The predicted molar refractivity (Wildman–Crippen MR) is 129 cm³/mol. The molecule has 3 N–H and O–H groups in total. The van der Waals surface area contributed by atoms with Crippen molar-refractivity contribution in [3.05, 3.63) is 60.2 Å². The molecule has 1 unspecified atom stereocenters. The van der Waals surface area contributed by atoms with E-state index in [1.54, 1.807) is 48.5 Å². The fraction of sp³-hybridized carbons (Fsp3) is 0.500. The van der Waals surface area contributed by atoms with Crippen LogP contribution in [0.4, 0.5) is 0 Å². The summed E-state index contributed by atoms with van der Waals surface area (Å²) in [6, 6.07) is 14.7. The van der Waals surface area contributed by atoms with Gasteiger partial charge in [0.05, 0.1) is 4.90 Å². The van der Waals surface area contributed by atoms with E-state index in [4.69, 9.17) is 9.42 Å². The Morgan fingerprint density at radius 3 is 1.89 bits per heavy atom. The zero-order chi connectivity index (χ0) is 25.7. The van der Waals surface area contributed by atoms with Gasteiger partial charge >= 0.3 is 133 Å². The fourth-order valence-corrected chi connectivity index (χ4v) is 7.61. The number of hydrogen-bond donors (Lipinski definition) is 2. The summed E-state index contributed by atoms with van der Waals surface area (Å²) in [5.74, 6) is 0. The molecule has 0 heterocycles. The number of nitrogens with two attached hydrogens (primary N) is 1. The van der Waals surface area contributed by atoms with Crippen LogP contribution in [-0.2, 0) is 51.1 Å². The molecular formula is C24H35NO7S2Ti. The van der Waals surface area contributed by atoms with Crippen molar-refractivity contribution in [3.63, 3.8) is 0 Å². The average molecular weight is 562 g/mol. The van der Waals surface area contributed by atoms with Gasteiger partial charge < -0.3 is 5.73 Å². The number of unbranched alkanes of at least 4 members (excludes halogenated alkanes) is 8. The van der Waals surface area contributed by atoms with Gasteiger partial charge in [0.15, 0.2) is 9.84 Å². The Morgan fingerprint density at radius 1 is 0.771 bits per heavy atom. The SMILES string of the molecule is NC(CCCCCCCCCCCc1ccccc1S(=O)(=O)[O][Ti](=[O])[OH])S(=O)(=O)c1ccccc1. The summed E-state index contributed by atoms with van der Waals surface area (Å²) < 4.78 is 73.2. The zero-order valence-electron chi connectivity index (χ0n) is 19.8. The Balaban J connectivity index is 1.57. The van der Waals surface area contributed by atoms with E-state index in [-0.39, 0.29) is 9.79 Å². The number of aryl methyl sites for hydroxylation is 1. The van der Waals surface area contributed by atoms with E-state index in [1.165, 1.54) is 6.07 Å². The molecule has 0 bridgehead atoms. The van der Waals surface area contributed by atoms with Crippen LogP contribution in [0.3, 0.4) is 0 Å². The van der Waals surface area contributed by atoms with Crippen molar-refractivity contribution in [1.82, 2.24) is 0 Å². The van der Waals surface area contributed by atoms with Gasteiger partial charge in [-0.3, -0.25) is 0 Å². The van der Waals surface area contributed by atoms with Crippen LogP contribution in [0, 0.1) is 0 Å². The Bertz CT molecular complexity index is 1140. The largest absolute Gasteiger partial charge is 0.222 e. The molecule has 0 aliphatic rings. The molecule has 2 aromatic rings. The van der Waals surface area contributed by atoms with Crippen LogP contribution in [0.15, 0.2) is 64.4 Å². The molecule has 0 saturated heterocycles. The summed E-state index contributed by atoms with van der Waals surface area (Å²) in [4.78, 5) is 0.236.